The van der Waals surface area contributed by atoms with Crippen LogP contribution in [0.2, 0.25) is 0 Å². The SMILES string of the molecule is CCCC(O)CCCCCCCCCCCCCC=CCCO. The molecule has 0 heterocycles. The molecule has 0 aliphatic carbocycles. The third-order valence-electron chi connectivity index (χ3n) is 4.49. The van der Waals surface area contributed by atoms with Crippen LogP contribution in [-0.4, -0.2) is 22.9 Å². The van der Waals surface area contributed by atoms with Crippen molar-refractivity contribution in [2.75, 3.05) is 6.61 Å². The molecule has 0 bridgehead atoms. The number of rotatable bonds is 18. The molecule has 1 atom stereocenters. The highest BCUT2D eigenvalue weighted by molar-refractivity contribution is 4.80. The van der Waals surface area contributed by atoms with Gasteiger partial charge in [0.15, 0.2) is 0 Å². The van der Waals surface area contributed by atoms with Gasteiger partial charge in [0.05, 0.1) is 6.10 Å². The molecule has 0 aliphatic rings. The van der Waals surface area contributed by atoms with Crippen molar-refractivity contribution in [1.29, 1.82) is 0 Å². The van der Waals surface area contributed by atoms with E-state index < -0.39 is 0 Å². The summed E-state index contributed by atoms with van der Waals surface area (Å²) < 4.78 is 0. The van der Waals surface area contributed by atoms with Gasteiger partial charge in [-0.15, -0.1) is 0 Å². The first-order valence-electron chi connectivity index (χ1n) is 10.2. The van der Waals surface area contributed by atoms with Crippen LogP contribution in [0.1, 0.15) is 110 Å². The number of unbranched alkanes of at least 4 members (excludes halogenated alkanes) is 11. The Labute approximate surface area is 145 Å². The molecule has 0 saturated carbocycles. The van der Waals surface area contributed by atoms with Crippen LogP contribution in [0.15, 0.2) is 12.2 Å². The zero-order valence-electron chi connectivity index (χ0n) is 15.6. The fourth-order valence-electron chi connectivity index (χ4n) is 3.02. The fraction of sp³-hybridized carbons (Fsp3) is 0.905. The van der Waals surface area contributed by atoms with E-state index in [0.717, 1.165) is 25.7 Å². The summed E-state index contributed by atoms with van der Waals surface area (Å²) in [6.07, 6.45) is 24.1. The van der Waals surface area contributed by atoms with Crippen LogP contribution >= 0.6 is 0 Å². The maximum absolute atomic E-state index is 9.65. The van der Waals surface area contributed by atoms with Gasteiger partial charge in [-0.05, 0) is 32.1 Å². The fourth-order valence-corrected chi connectivity index (χ4v) is 3.02. The summed E-state index contributed by atoms with van der Waals surface area (Å²) in [5.41, 5.74) is 0. The lowest BCUT2D eigenvalue weighted by atomic mass is 10.0. The summed E-state index contributed by atoms with van der Waals surface area (Å²) in [7, 11) is 0. The molecule has 1 unspecified atom stereocenters. The van der Waals surface area contributed by atoms with Crippen LogP contribution < -0.4 is 0 Å². The van der Waals surface area contributed by atoms with Crippen LogP contribution in [0.5, 0.6) is 0 Å². The molecule has 23 heavy (non-hydrogen) atoms. The first-order chi connectivity index (χ1) is 11.3. The summed E-state index contributed by atoms with van der Waals surface area (Å²) in [6.45, 7) is 2.41. The van der Waals surface area contributed by atoms with Crippen molar-refractivity contribution < 1.29 is 10.2 Å². The Balaban J connectivity index is 3.05. The first kappa shape index (κ1) is 22.7. The zero-order valence-corrected chi connectivity index (χ0v) is 15.6. The second kappa shape index (κ2) is 19.7. The maximum atomic E-state index is 9.65. The Morgan fingerprint density at radius 2 is 1.13 bits per heavy atom. The summed E-state index contributed by atoms with van der Waals surface area (Å²) >= 11 is 0. The number of hydrogen-bond donors (Lipinski definition) is 2. The molecule has 0 rings (SSSR count). The van der Waals surface area contributed by atoms with Crippen molar-refractivity contribution in [3.63, 3.8) is 0 Å². The van der Waals surface area contributed by atoms with E-state index in [9.17, 15) is 5.11 Å². The predicted molar refractivity (Wildman–Crippen MR) is 102 cm³/mol. The monoisotopic (exact) mass is 326 g/mol. The molecule has 0 aromatic rings. The average Bonchev–Trinajstić information content (AvgIpc) is 2.54. The molecular weight excluding hydrogens is 284 g/mol. The van der Waals surface area contributed by atoms with E-state index >= 15 is 0 Å². The van der Waals surface area contributed by atoms with Gasteiger partial charge >= 0.3 is 0 Å². The van der Waals surface area contributed by atoms with Crippen molar-refractivity contribution >= 4 is 0 Å². The number of allylic oxidation sites excluding steroid dienone is 1. The lowest BCUT2D eigenvalue weighted by molar-refractivity contribution is 0.150. The Morgan fingerprint density at radius 1 is 0.652 bits per heavy atom. The topological polar surface area (TPSA) is 40.5 Å². The van der Waals surface area contributed by atoms with Crippen LogP contribution in [0.4, 0.5) is 0 Å². The normalized spacial score (nSPS) is 13.0. The Kier molecular flexibility index (Phi) is 19.4. The van der Waals surface area contributed by atoms with E-state index in [0.29, 0.717) is 0 Å². The van der Waals surface area contributed by atoms with Gasteiger partial charge in [-0.3, -0.25) is 0 Å². The predicted octanol–water partition coefficient (Wildman–Crippen LogP) is 6.16. The minimum Gasteiger partial charge on any atom is -0.396 e. The van der Waals surface area contributed by atoms with Crippen LogP contribution in [0.25, 0.3) is 0 Å². The van der Waals surface area contributed by atoms with E-state index in [1.807, 2.05) is 0 Å². The van der Waals surface area contributed by atoms with Gasteiger partial charge in [0.1, 0.15) is 0 Å². The smallest absolute Gasteiger partial charge is 0.0540 e. The molecule has 2 nitrogen and oxygen atoms in total. The molecule has 0 aromatic carbocycles. The molecule has 138 valence electrons. The molecule has 2 N–H and O–H groups in total. The van der Waals surface area contributed by atoms with Gasteiger partial charge < -0.3 is 10.2 Å². The highest BCUT2D eigenvalue weighted by atomic mass is 16.3. The summed E-state index contributed by atoms with van der Waals surface area (Å²) in [5.74, 6) is 0. The molecule has 0 radical (unpaired) electrons. The largest absolute Gasteiger partial charge is 0.396 e. The lowest BCUT2D eigenvalue weighted by Crippen LogP contribution is -2.04. The zero-order chi connectivity index (χ0) is 17.0. The van der Waals surface area contributed by atoms with Crippen LogP contribution in [-0.2, 0) is 0 Å². The molecule has 0 saturated heterocycles. The van der Waals surface area contributed by atoms with Crippen molar-refractivity contribution in [2.24, 2.45) is 0 Å². The van der Waals surface area contributed by atoms with Crippen molar-refractivity contribution in [3.8, 4) is 0 Å². The number of aliphatic hydroxyl groups is 2. The summed E-state index contributed by atoms with van der Waals surface area (Å²) in [5, 5.41) is 18.3. The van der Waals surface area contributed by atoms with Crippen LogP contribution in [0.3, 0.4) is 0 Å². The van der Waals surface area contributed by atoms with E-state index in [1.165, 1.54) is 77.0 Å². The third-order valence-corrected chi connectivity index (χ3v) is 4.49. The summed E-state index contributed by atoms with van der Waals surface area (Å²) in [6, 6.07) is 0. The molecule has 0 spiro atoms. The number of aliphatic hydroxyl groups excluding tert-OH is 2. The molecule has 2 heteroatoms. The van der Waals surface area contributed by atoms with Crippen LogP contribution in [0, 0.1) is 0 Å². The van der Waals surface area contributed by atoms with Gasteiger partial charge in [-0.25, -0.2) is 0 Å². The second-order valence-electron chi connectivity index (χ2n) is 6.89. The highest BCUT2D eigenvalue weighted by Gasteiger charge is 2.01. The number of hydrogen-bond acceptors (Lipinski definition) is 2. The summed E-state index contributed by atoms with van der Waals surface area (Å²) in [4.78, 5) is 0. The molecular formula is C21H42O2. The highest BCUT2D eigenvalue weighted by Crippen LogP contribution is 2.14. The van der Waals surface area contributed by atoms with E-state index in [2.05, 4.69) is 19.1 Å². The van der Waals surface area contributed by atoms with Crippen molar-refractivity contribution in [2.45, 2.75) is 116 Å². The first-order valence-corrected chi connectivity index (χ1v) is 10.2. The second-order valence-corrected chi connectivity index (χ2v) is 6.89. The Morgan fingerprint density at radius 3 is 1.65 bits per heavy atom. The minimum atomic E-state index is -0.0508. The standard InChI is InChI=1S/C21H42O2/c1-2-18-21(23)19-16-14-12-10-8-6-4-3-5-7-9-11-13-15-17-20-22/h13,15,21-23H,2-12,14,16-20H2,1H3. The van der Waals surface area contributed by atoms with Gasteiger partial charge in [0, 0.05) is 6.61 Å². The van der Waals surface area contributed by atoms with Crippen molar-refractivity contribution in [3.05, 3.63) is 12.2 Å². The maximum Gasteiger partial charge on any atom is 0.0540 e. The molecule has 0 fully saturated rings. The molecule has 0 aliphatic heterocycles. The quantitative estimate of drug-likeness (QED) is 0.234. The Hall–Kier alpha value is -0.340. The van der Waals surface area contributed by atoms with E-state index in [-0.39, 0.29) is 12.7 Å². The van der Waals surface area contributed by atoms with Gasteiger partial charge in [-0.2, -0.15) is 0 Å². The third kappa shape index (κ3) is 19.6. The van der Waals surface area contributed by atoms with Crippen molar-refractivity contribution in [1.82, 2.24) is 0 Å². The average molecular weight is 327 g/mol. The Bertz CT molecular complexity index is 238. The van der Waals surface area contributed by atoms with Gasteiger partial charge in [-0.1, -0.05) is 89.7 Å². The molecule has 0 aromatic heterocycles. The lowest BCUT2D eigenvalue weighted by Gasteiger charge is -2.08. The van der Waals surface area contributed by atoms with E-state index in [1.54, 1.807) is 0 Å². The van der Waals surface area contributed by atoms with E-state index in [4.69, 9.17) is 5.11 Å². The minimum absolute atomic E-state index is 0.0508. The van der Waals surface area contributed by atoms with Gasteiger partial charge in [0.25, 0.3) is 0 Å². The van der Waals surface area contributed by atoms with Gasteiger partial charge in [0.2, 0.25) is 0 Å². The molecule has 0 amide bonds.